The number of hydrogen-bond donors (Lipinski definition) is 3. The van der Waals surface area contributed by atoms with Crippen molar-refractivity contribution in [3.05, 3.63) is 42.0 Å². The largest absolute Gasteiger partial charge is 0.397 e. The van der Waals surface area contributed by atoms with Gasteiger partial charge < -0.3 is 11.1 Å². The van der Waals surface area contributed by atoms with Crippen molar-refractivity contribution in [2.24, 2.45) is 0 Å². The van der Waals surface area contributed by atoms with E-state index in [1.807, 2.05) is 0 Å². The lowest BCUT2D eigenvalue weighted by molar-refractivity contribution is 0.0947. The molecule has 6 nitrogen and oxygen atoms in total. The summed E-state index contributed by atoms with van der Waals surface area (Å²) in [5.41, 5.74) is 7.13. The summed E-state index contributed by atoms with van der Waals surface area (Å²) in [5, 5.41) is 9.14. The van der Waals surface area contributed by atoms with Crippen molar-refractivity contribution in [2.75, 3.05) is 5.73 Å². The lowest BCUT2D eigenvalue weighted by atomic mass is 10.3. The number of rotatable bonds is 3. The highest BCUT2D eigenvalue weighted by atomic mass is 16.1. The lowest BCUT2D eigenvalue weighted by Crippen LogP contribution is -2.24. The van der Waals surface area contributed by atoms with E-state index in [9.17, 15) is 4.79 Å². The van der Waals surface area contributed by atoms with Crippen LogP contribution in [-0.2, 0) is 6.54 Å². The summed E-state index contributed by atoms with van der Waals surface area (Å²) in [6.45, 7) is 0.394. The number of nitrogens with one attached hydrogen (secondary N) is 2. The Hall–Kier alpha value is -2.37. The number of hydrogen-bond acceptors (Lipinski definition) is 4. The van der Waals surface area contributed by atoms with Gasteiger partial charge in [-0.1, -0.05) is 0 Å². The third kappa shape index (κ3) is 2.17. The molecule has 0 radical (unpaired) electrons. The average Bonchev–Trinajstić information content (AvgIpc) is 2.79. The summed E-state index contributed by atoms with van der Waals surface area (Å²) in [7, 11) is 0. The topological polar surface area (TPSA) is 96.7 Å². The van der Waals surface area contributed by atoms with E-state index in [0.717, 1.165) is 5.56 Å². The molecule has 16 heavy (non-hydrogen) atoms. The van der Waals surface area contributed by atoms with Crippen molar-refractivity contribution in [1.29, 1.82) is 0 Å². The molecule has 4 N–H and O–H groups in total. The third-order valence-corrected chi connectivity index (χ3v) is 2.06. The molecule has 0 aliphatic heterocycles. The van der Waals surface area contributed by atoms with E-state index in [1.165, 1.54) is 6.20 Å². The standard InChI is InChI=1S/C10H11N5O/c11-8-2-1-3-12-9(8)10(16)13-4-7-5-14-15-6-7/h1-3,5-6H,4,11H2,(H,13,16)(H,14,15). The summed E-state index contributed by atoms with van der Waals surface area (Å²) in [4.78, 5) is 15.6. The number of carbonyl (C=O) groups is 1. The quantitative estimate of drug-likeness (QED) is 0.689. The lowest BCUT2D eigenvalue weighted by Gasteiger charge is -2.04. The molecule has 2 aromatic heterocycles. The smallest absolute Gasteiger partial charge is 0.272 e. The molecule has 0 aliphatic rings. The average molecular weight is 217 g/mol. The predicted octanol–water partition coefficient (Wildman–Crippen LogP) is 0.317. The van der Waals surface area contributed by atoms with Crippen LogP contribution in [0.2, 0.25) is 0 Å². The summed E-state index contributed by atoms with van der Waals surface area (Å²) in [5.74, 6) is -0.292. The van der Waals surface area contributed by atoms with Crippen molar-refractivity contribution in [1.82, 2.24) is 20.5 Å². The van der Waals surface area contributed by atoms with Gasteiger partial charge in [-0.3, -0.25) is 9.89 Å². The minimum absolute atomic E-state index is 0.242. The van der Waals surface area contributed by atoms with Crippen LogP contribution in [0.3, 0.4) is 0 Å². The molecule has 0 atom stereocenters. The van der Waals surface area contributed by atoms with Crippen molar-refractivity contribution >= 4 is 11.6 Å². The van der Waals surface area contributed by atoms with Gasteiger partial charge in [0.25, 0.3) is 5.91 Å². The van der Waals surface area contributed by atoms with Crippen LogP contribution >= 0.6 is 0 Å². The van der Waals surface area contributed by atoms with Crippen LogP contribution < -0.4 is 11.1 Å². The highest BCUT2D eigenvalue weighted by molar-refractivity contribution is 5.96. The molecule has 2 aromatic rings. The van der Waals surface area contributed by atoms with Gasteiger partial charge >= 0.3 is 0 Å². The molecule has 0 saturated carbocycles. The maximum atomic E-state index is 11.7. The molecule has 6 heteroatoms. The van der Waals surface area contributed by atoms with E-state index < -0.39 is 0 Å². The first-order valence-electron chi connectivity index (χ1n) is 4.73. The zero-order chi connectivity index (χ0) is 11.4. The number of pyridine rings is 1. The number of H-pyrrole nitrogens is 1. The Balaban J connectivity index is 2.01. The van der Waals surface area contributed by atoms with Crippen molar-refractivity contribution < 1.29 is 4.79 Å². The van der Waals surface area contributed by atoms with Crippen LogP contribution in [-0.4, -0.2) is 21.1 Å². The Morgan fingerprint density at radius 3 is 3.12 bits per heavy atom. The number of nitrogen functional groups attached to an aromatic ring is 1. The Morgan fingerprint density at radius 2 is 2.44 bits per heavy atom. The van der Waals surface area contributed by atoms with E-state index in [4.69, 9.17) is 5.73 Å². The van der Waals surface area contributed by atoms with Crippen LogP contribution in [0.4, 0.5) is 5.69 Å². The number of anilines is 1. The SMILES string of the molecule is Nc1cccnc1C(=O)NCc1cn[nH]c1. The van der Waals surface area contributed by atoms with Gasteiger partial charge in [-0.15, -0.1) is 0 Å². The Bertz CT molecular complexity index is 480. The fourth-order valence-electron chi connectivity index (χ4n) is 1.25. The molecule has 2 heterocycles. The van der Waals surface area contributed by atoms with E-state index >= 15 is 0 Å². The molecule has 82 valence electrons. The van der Waals surface area contributed by atoms with Gasteiger partial charge in [-0.25, -0.2) is 4.98 Å². The molecule has 0 spiro atoms. The fraction of sp³-hybridized carbons (Fsp3) is 0.100. The molecule has 0 bridgehead atoms. The van der Waals surface area contributed by atoms with Crippen molar-refractivity contribution in [2.45, 2.75) is 6.54 Å². The monoisotopic (exact) mass is 217 g/mol. The maximum Gasteiger partial charge on any atom is 0.272 e. The second kappa shape index (κ2) is 4.43. The molecule has 0 aromatic carbocycles. The van der Waals surface area contributed by atoms with Gasteiger partial charge in [0.1, 0.15) is 0 Å². The molecule has 0 aliphatic carbocycles. The summed E-state index contributed by atoms with van der Waals surface area (Å²) in [6.07, 6.45) is 4.88. The van der Waals surface area contributed by atoms with E-state index in [-0.39, 0.29) is 11.6 Å². The number of nitrogens with zero attached hydrogens (tertiary/aromatic N) is 2. The van der Waals surface area contributed by atoms with E-state index in [1.54, 1.807) is 24.5 Å². The van der Waals surface area contributed by atoms with Crippen LogP contribution in [0.25, 0.3) is 0 Å². The number of aromatic amines is 1. The normalized spacial score (nSPS) is 10.0. The Kier molecular flexibility index (Phi) is 2.81. The van der Waals surface area contributed by atoms with Gasteiger partial charge in [0.15, 0.2) is 5.69 Å². The second-order valence-electron chi connectivity index (χ2n) is 3.23. The molecule has 0 unspecified atom stereocenters. The molecule has 0 saturated heterocycles. The highest BCUT2D eigenvalue weighted by Gasteiger charge is 2.09. The van der Waals surface area contributed by atoms with Crippen molar-refractivity contribution in [3.8, 4) is 0 Å². The molecular weight excluding hydrogens is 206 g/mol. The van der Waals surface area contributed by atoms with Gasteiger partial charge in [-0.2, -0.15) is 5.10 Å². The molecular formula is C10H11N5O. The number of aromatic nitrogens is 3. The van der Waals surface area contributed by atoms with Gasteiger partial charge in [0, 0.05) is 24.5 Å². The first-order valence-corrected chi connectivity index (χ1v) is 4.73. The Labute approximate surface area is 91.9 Å². The van der Waals surface area contributed by atoms with Crippen LogP contribution in [0, 0.1) is 0 Å². The van der Waals surface area contributed by atoms with E-state index in [0.29, 0.717) is 12.2 Å². The van der Waals surface area contributed by atoms with Crippen LogP contribution in [0.5, 0.6) is 0 Å². The predicted molar refractivity (Wildman–Crippen MR) is 58.4 cm³/mol. The first kappa shape index (κ1) is 10.2. The number of amides is 1. The summed E-state index contributed by atoms with van der Waals surface area (Å²) >= 11 is 0. The minimum Gasteiger partial charge on any atom is -0.397 e. The van der Waals surface area contributed by atoms with Crippen LogP contribution in [0.15, 0.2) is 30.7 Å². The molecule has 0 fully saturated rings. The molecule has 2 rings (SSSR count). The zero-order valence-electron chi connectivity index (χ0n) is 8.47. The van der Waals surface area contributed by atoms with Crippen molar-refractivity contribution in [3.63, 3.8) is 0 Å². The highest BCUT2D eigenvalue weighted by Crippen LogP contribution is 2.06. The minimum atomic E-state index is -0.292. The van der Waals surface area contributed by atoms with Gasteiger partial charge in [0.2, 0.25) is 0 Å². The third-order valence-electron chi connectivity index (χ3n) is 2.06. The van der Waals surface area contributed by atoms with E-state index in [2.05, 4.69) is 20.5 Å². The fourth-order valence-corrected chi connectivity index (χ4v) is 1.25. The van der Waals surface area contributed by atoms with Crippen LogP contribution in [0.1, 0.15) is 16.1 Å². The summed E-state index contributed by atoms with van der Waals surface area (Å²) < 4.78 is 0. The number of carbonyl (C=O) groups excluding carboxylic acids is 1. The summed E-state index contributed by atoms with van der Waals surface area (Å²) in [6, 6.07) is 3.32. The number of nitrogens with two attached hydrogens (primary N) is 1. The van der Waals surface area contributed by atoms with Gasteiger partial charge in [0.05, 0.1) is 11.9 Å². The maximum absolute atomic E-state index is 11.7. The van der Waals surface area contributed by atoms with Gasteiger partial charge in [-0.05, 0) is 12.1 Å². The molecule has 1 amide bonds. The zero-order valence-corrected chi connectivity index (χ0v) is 8.47. The Morgan fingerprint density at radius 1 is 1.56 bits per heavy atom. The second-order valence-corrected chi connectivity index (χ2v) is 3.23. The first-order chi connectivity index (χ1) is 7.77.